The second kappa shape index (κ2) is 11.0. The largest absolute Gasteiger partial charge is 0.457 e. The van der Waals surface area contributed by atoms with E-state index in [9.17, 15) is 13.2 Å². The predicted octanol–water partition coefficient (Wildman–Crippen LogP) is 4.51. The zero-order valence-electron chi connectivity index (χ0n) is 22.1. The number of fused-ring (bicyclic) bond motifs is 1. The van der Waals surface area contributed by atoms with Crippen LogP contribution in [0, 0.1) is 0 Å². The lowest BCUT2D eigenvalue weighted by Gasteiger charge is -2.33. The summed E-state index contributed by atoms with van der Waals surface area (Å²) in [6.45, 7) is 0.791. The summed E-state index contributed by atoms with van der Waals surface area (Å²) in [6, 6.07) is 24.9. The number of nitrogens with zero attached hydrogens (tertiary/aromatic N) is 5. The predicted molar refractivity (Wildman–Crippen MR) is 155 cm³/mol. The zero-order chi connectivity index (χ0) is 28.4. The van der Waals surface area contributed by atoms with Crippen molar-refractivity contribution >= 4 is 32.6 Å². The summed E-state index contributed by atoms with van der Waals surface area (Å²) < 4.78 is 33.4. The second-order valence-corrected chi connectivity index (χ2v) is 11.9. The van der Waals surface area contributed by atoms with Gasteiger partial charge in [0.05, 0.1) is 16.3 Å². The molecule has 1 saturated heterocycles. The van der Waals surface area contributed by atoms with Gasteiger partial charge in [-0.25, -0.2) is 23.1 Å². The molecule has 1 atom stereocenters. The molecule has 1 amide bonds. The molecule has 1 aliphatic rings. The van der Waals surface area contributed by atoms with Gasteiger partial charge in [-0.3, -0.25) is 4.79 Å². The highest BCUT2D eigenvalue weighted by Crippen LogP contribution is 2.35. The first kappa shape index (κ1) is 26.5. The number of nitrogen functional groups attached to an aromatic ring is 1. The molecular weight excluding hydrogens is 540 g/mol. The van der Waals surface area contributed by atoms with Gasteiger partial charge in [0.15, 0.2) is 15.5 Å². The fourth-order valence-electron chi connectivity index (χ4n) is 5.10. The molecule has 0 aliphatic carbocycles. The average molecular weight is 569 g/mol. The summed E-state index contributed by atoms with van der Waals surface area (Å²) in [7, 11) is -3.75. The number of likely N-dealkylation sites (tertiary alicyclic amines) is 1. The first-order valence-electron chi connectivity index (χ1n) is 13.3. The Balaban J connectivity index is 1.26. The Morgan fingerprint density at radius 1 is 0.927 bits per heavy atom. The van der Waals surface area contributed by atoms with Gasteiger partial charge in [-0.15, -0.1) is 0 Å². The molecule has 0 spiro atoms. The first-order valence-corrected chi connectivity index (χ1v) is 14.9. The van der Waals surface area contributed by atoms with Gasteiger partial charge >= 0.3 is 0 Å². The van der Waals surface area contributed by atoms with Crippen molar-refractivity contribution in [2.24, 2.45) is 0 Å². The molecule has 0 saturated carbocycles. The number of aromatic nitrogens is 4. The third-order valence-electron chi connectivity index (χ3n) is 7.14. The zero-order valence-corrected chi connectivity index (χ0v) is 22.9. The number of sulfone groups is 1. The van der Waals surface area contributed by atoms with E-state index in [4.69, 9.17) is 15.6 Å². The summed E-state index contributed by atoms with van der Waals surface area (Å²) in [4.78, 5) is 23.6. The number of rotatable bonds is 7. The quantitative estimate of drug-likeness (QED) is 0.303. The number of carbonyl (C=O) groups is 1. The van der Waals surface area contributed by atoms with Gasteiger partial charge in [0.25, 0.3) is 0 Å². The van der Waals surface area contributed by atoms with Gasteiger partial charge in [-0.1, -0.05) is 36.4 Å². The Kier molecular flexibility index (Phi) is 7.10. The van der Waals surface area contributed by atoms with Crippen molar-refractivity contribution < 1.29 is 17.9 Å². The van der Waals surface area contributed by atoms with Crippen LogP contribution in [0.2, 0.25) is 0 Å². The van der Waals surface area contributed by atoms with Gasteiger partial charge in [0.1, 0.15) is 35.1 Å². The van der Waals surface area contributed by atoms with Crippen LogP contribution in [0.5, 0.6) is 11.5 Å². The molecule has 1 fully saturated rings. The number of hydrogen-bond acceptors (Lipinski definition) is 8. The molecule has 6 rings (SSSR count). The molecular formula is C30H28N6O4S. The number of ether oxygens (including phenoxy) is 1. The molecule has 208 valence electrons. The van der Waals surface area contributed by atoms with Crippen molar-refractivity contribution in [2.45, 2.75) is 23.8 Å². The summed E-state index contributed by atoms with van der Waals surface area (Å²) in [6.07, 6.45) is 2.85. The summed E-state index contributed by atoms with van der Waals surface area (Å²) >= 11 is 0. The first-order chi connectivity index (χ1) is 19.9. The van der Waals surface area contributed by atoms with Gasteiger partial charge in [0, 0.05) is 18.7 Å². The fraction of sp³-hybridized carbons (Fsp3) is 0.200. The molecule has 0 bridgehead atoms. The smallest absolute Gasteiger partial charge is 0.238 e. The third kappa shape index (κ3) is 5.48. The SMILES string of the molecule is Nc1ncnc2c1c(-c1ccc(Oc3ccccc3)cc1)nn2[C@@H]1CCCN(C(=O)CS(=O)(=O)c2ccccc2)C1. The van der Waals surface area contributed by atoms with Crippen molar-refractivity contribution in [1.82, 2.24) is 24.6 Å². The number of amides is 1. The summed E-state index contributed by atoms with van der Waals surface area (Å²) in [5, 5.41) is 5.54. The average Bonchev–Trinajstić information content (AvgIpc) is 3.39. The van der Waals surface area contributed by atoms with E-state index >= 15 is 0 Å². The fourth-order valence-corrected chi connectivity index (χ4v) is 6.35. The van der Waals surface area contributed by atoms with Gasteiger partial charge < -0.3 is 15.4 Å². The highest BCUT2D eigenvalue weighted by atomic mass is 32.2. The maximum atomic E-state index is 13.1. The minimum atomic E-state index is -3.75. The molecule has 10 nitrogen and oxygen atoms in total. The number of benzene rings is 3. The maximum absolute atomic E-state index is 13.1. The third-order valence-corrected chi connectivity index (χ3v) is 8.75. The van der Waals surface area contributed by atoms with E-state index in [1.807, 2.05) is 54.6 Å². The van der Waals surface area contributed by atoms with E-state index in [0.717, 1.165) is 17.7 Å². The van der Waals surface area contributed by atoms with Crippen molar-refractivity contribution in [3.63, 3.8) is 0 Å². The molecule has 5 aromatic rings. The van der Waals surface area contributed by atoms with Crippen LogP contribution in [-0.4, -0.2) is 57.8 Å². The molecule has 3 heterocycles. The number of anilines is 1. The summed E-state index contributed by atoms with van der Waals surface area (Å²) in [5.41, 5.74) is 8.31. The lowest BCUT2D eigenvalue weighted by atomic mass is 10.1. The molecule has 0 radical (unpaired) electrons. The second-order valence-electron chi connectivity index (χ2n) is 9.90. The normalized spacial score (nSPS) is 15.6. The molecule has 1 aliphatic heterocycles. The number of piperidine rings is 1. The van der Waals surface area contributed by atoms with E-state index in [-0.39, 0.29) is 10.9 Å². The van der Waals surface area contributed by atoms with Crippen molar-refractivity contribution in [2.75, 3.05) is 24.6 Å². The molecule has 11 heteroatoms. The van der Waals surface area contributed by atoms with Crippen molar-refractivity contribution in [1.29, 1.82) is 0 Å². The lowest BCUT2D eigenvalue weighted by molar-refractivity contribution is -0.130. The van der Waals surface area contributed by atoms with Crippen LogP contribution in [0.4, 0.5) is 5.82 Å². The monoisotopic (exact) mass is 568 g/mol. The van der Waals surface area contributed by atoms with E-state index in [1.165, 1.54) is 18.5 Å². The van der Waals surface area contributed by atoms with Crippen LogP contribution in [0.3, 0.4) is 0 Å². The van der Waals surface area contributed by atoms with Crippen LogP contribution < -0.4 is 10.5 Å². The van der Waals surface area contributed by atoms with Gasteiger partial charge in [-0.05, 0) is 61.4 Å². The molecule has 2 N–H and O–H groups in total. The Morgan fingerprint density at radius 2 is 1.61 bits per heavy atom. The number of para-hydroxylation sites is 1. The molecule has 41 heavy (non-hydrogen) atoms. The number of nitrogens with two attached hydrogens (primary N) is 1. The van der Waals surface area contributed by atoms with Crippen molar-refractivity contribution in [3.8, 4) is 22.8 Å². The molecule has 0 unspecified atom stereocenters. The minimum Gasteiger partial charge on any atom is -0.457 e. The van der Waals surface area contributed by atoms with Crippen LogP contribution in [0.15, 0.2) is 96.2 Å². The molecule has 3 aromatic carbocycles. The Labute approximate surface area is 237 Å². The Bertz CT molecular complexity index is 1790. The number of carbonyl (C=O) groups excluding carboxylic acids is 1. The van der Waals surface area contributed by atoms with Crippen LogP contribution in [-0.2, 0) is 14.6 Å². The molecule has 2 aromatic heterocycles. The minimum absolute atomic E-state index is 0.136. The van der Waals surface area contributed by atoms with Gasteiger partial charge in [0.2, 0.25) is 5.91 Å². The van der Waals surface area contributed by atoms with E-state index in [1.54, 1.807) is 27.8 Å². The standard InChI is InChI=1S/C30H28N6O4S/c31-29-27-28(21-13-15-24(16-14-21)40-23-9-3-1-4-10-23)34-36(30(27)33-20-32-29)22-8-7-17-35(18-22)26(37)19-41(38,39)25-11-5-2-6-12-25/h1-6,9-16,20,22H,7-8,17-19H2,(H2,31,32,33)/t22-/m1/s1. The highest BCUT2D eigenvalue weighted by molar-refractivity contribution is 7.92. The van der Waals surface area contributed by atoms with Crippen LogP contribution >= 0.6 is 0 Å². The van der Waals surface area contributed by atoms with Gasteiger partial charge in [-0.2, -0.15) is 5.10 Å². The summed E-state index contributed by atoms with van der Waals surface area (Å²) in [5.74, 6) is 0.707. The Hall–Kier alpha value is -4.77. The maximum Gasteiger partial charge on any atom is 0.238 e. The Morgan fingerprint density at radius 3 is 2.34 bits per heavy atom. The van der Waals surface area contributed by atoms with Crippen LogP contribution in [0.1, 0.15) is 18.9 Å². The van der Waals surface area contributed by atoms with E-state index < -0.39 is 21.5 Å². The van der Waals surface area contributed by atoms with E-state index in [0.29, 0.717) is 47.8 Å². The van der Waals surface area contributed by atoms with E-state index in [2.05, 4.69) is 9.97 Å². The highest BCUT2D eigenvalue weighted by Gasteiger charge is 2.31. The van der Waals surface area contributed by atoms with Crippen molar-refractivity contribution in [3.05, 3.63) is 91.3 Å². The lowest BCUT2D eigenvalue weighted by Crippen LogP contribution is -2.43. The number of hydrogen-bond donors (Lipinski definition) is 1. The topological polar surface area (TPSA) is 133 Å². The van der Waals surface area contributed by atoms with Crippen LogP contribution in [0.25, 0.3) is 22.3 Å².